The van der Waals surface area contributed by atoms with E-state index in [0.717, 1.165) is 29.1 Å². The molecule has 9 heteroatoms. The molecule has 2 unspecified atom stereocenters. The number of hydrogen-bond donors (Lipinski definition) is 0. The fourth-order valence-electron chi connectivity index (χ4n) is 5.12. The monoisotopic (exact) mass is 495 g/mol. The van der Waals surface area contributed by atoms with Crippen LogP contribution >= 0.6 is 0 Å². The lowest BCUT2D eigenvalue weighted by Gasteiger charge is -2.37. The van der Waals surface area contributed by atoms with E-state index in [1.165, 1.54) is 12.8 Å². The van der Waals surface area contributed by atoms with Gasteiger partial charge in [0.2, 0.25) is 10.0 Å². The van der Waals surface area contributed by atoms with Crippen LogP contribution in [0.15, 0.2) is 53.4 Å². The van der Waals surface area contributed by atoms with Crippen LogP contribution < -0.4 is 9.64 Å². The first-order valence-electron chi connectivity index (χ1n) is 12.3. The lowest BCUT2D eigenvalue weighted by molar-refractivity contribution is 0.141. The molecule has 2 fully saturated rings. The summed E-state index contributed by atoms with van der Waals surface area (Å²) in [4.78, 5) is 15.0. The van der Waals surface area contributed by atoms with E-state index in [9.17, 15) is 8.42 Å². The van der Waals surface area contributed by atoms with Gasteiger partial charge in [-0.1, -0.05) is 12.1 Å². The van der Waals surface area contributed by atoms with Crippen LogP contribution in [-0.2, 0) is 10.0 Å². The zero-order chi connectivity index (χ0) is 24.6. The van der Waals surface area contributed by atoms with Crippen LogP contribution in [0.1, 0.15) is 38.6 Å². The van der Waals surface area contributed by atoms with Gasteiger partial charge in [0.15, 0.2) is 0 Å². The van der Waals surface area contributed by atoms with Gasteiger partial charge in [0, 0.05) is 44.2 Å². The second kappa shape index (κ2) is 9.72. The third kappa shape index (κ3) is 4.60. The maximum absolute atomic E-state index is 13.1. The highest BCUT2D eigenvalue weighted by molar-refractivity contribution is 7.89. The summed E-state index contributed by atoms with van der Waals surface area (Å²) in [7, 11) is -1.97. The Bertz CT molecular complexity index is 1290. The summed E-state index contributed by atoms with van der Waals surface area (Å²) in [5.74, 6) is 2.45. The largest absolute Gasteiger partial charge is 0.497 e. The van der Waals surface area contributed by atoms with Gasteiger partial charge in [-0.2, -0.15) is 4.31 Å². The third-order valence-electron chi connectivity index (χ3n) is 7.32. The Hall–Kier alpha value is -2.75. The molecule has 2 aliphatic rings. The Balaban J connectivity index is 1.34. The van der Waals surface area contributed by atoms with Crippen molar-refractivity contribution in [1.29, 1.82) is 0 Å². The average Bonchev–Trinajstić information content (AvgIpc) is 3.33. The van der Waals surface area contributed by atoms with Crippen molar-refractivity contribution < 1.29 is 13.2 Å². The number of rotatable bonds is 6. The number of aromatic nitrogens is 2. The van der Waals surface area contributed by atoms with Crippen molar-refractivity contribution in [3.05, 3.63) is 54.4 Å². The molecule has 35 heavy (non-hydrogen) atoms. The quantitative estimate of drug-likeness (QED) is 0.516. The molecular weight excluding hydrogens is 462 g/mol. The van der Waals surface area contributed by atoms with E-state index < -0.39 is 10.0 Å². The second-order valence-electron chi connectivity index (χ2n) is 9.40. The van der Waals surface area contributed by atoms with Gasteiger partial charge >= 0.3 is 0 Å². The number of sulfonamides is 1. The summed E-state index contributed by atoms with van der Waals surface area (Å²) in [6.07, 6.45) is 2.35. The third-order valence-corrected chi connectivity index (χ3v) is 9.23. The van der Waals surface area contributed by atoms with E-state index in [-0.39, 0.29) is 6.04 Å². The minimum Gasteiger partial charge on any atom is -0.497 e. The van der Waals surface area contributed by atoms with Crippen LogP contribution in [0, 0.1) is 0 Å². The van der Waals surface area contributed by atoms with Crippen LogP contribution in [-0.4, -0.2) is 73.5 Å². The molecule has 3 aromatic rings. The Kier molecular flexibility index (Phi) is 6.65. The van der Waals surface area contributed by atoms with E-state index in [1.807, 2.05) is 12.1 Å². The van der Waals surface area contributed by atoms with Crippen molar-refractivity contribution in [2.75, 3.05) is 44.7 Å². The molecule has 8 nitrogen and oxygen atoms in total. The molecule has 0 radical (unpaired) electrons. The minimum atomic E-state index is -3.54. The summed E-state index contributed by atoms with van der Waals surface area (Å²) in [6.45, 7) is 7.51. The summed E-state index contributed by atoms with van der Waals surface area (Å²) < 4.78 is 33.0. The number of ether oxygens (including phenoxy) is 1. The smallest absolute Gasteiger partial charge is 0.243 e. The highest BCUT2D eigenvalue weighted by Gasteiger charge is 2.32. The van der Waals surface area contributed by atoms with E-state index >= 15 is 0 Å². The highest BCUT2D eigenvalue weighted by atomic mass is 32.2. The molecule has 186 valence electrons. The molecule has 0 saturated carbocycles. The Labute approximate surface area is 207 Å². The van der Waals surface area contributed by atoms with Crippen molar-refractivity contribution in [2.24, 2.45) is 0 Å². The minimum absolute atomic E-state index is 0.0119. The number of nitrogens with zero attached hydrogens (tertiary/aromatic N) is 5. The van der Waals surface area contributed by atoms with Crippen molar-refractivity contribution in [3.8, 4) is 5.75 Å². The molecule has 2 atom stereocenters. The van der Waals surface area contributed by atoms with Crippen LogP contribution in [0.4, 0.5) is 5.82 Å². The fraction of sp³-hybridized carbons (Fsp3) is 0.462. The molecule has 3 heterocycles. The summed E-state index contributed by atoms with van der Waals surface area (Å²) in [5, 5.41) is 1.09. The fourth-order valence-corrected chi connectivity index (χ4v) is 6.54. The normalized spacial score (nSPS) is 20.9. The van der Waals surface area contributed by atoms with Gasteiger partial charge in [0.1, 0.15) is 17.4 Å². The predicted molar refractivity (Wildman–Crippen MR) is 137 cm³/mol. The van der Waals surface area contributed by atoms with E-state index in [4.69, 9.17) is 14.7 Å². The lowest BCUT2D eigenvalue weighted by Crippen LogP contribution is -2.49. The standard InChI is InChI=1S/C26H33N5O3S/c1-19-7-6-14-31(19)26-23-8-4-5-9-24(23)27-25(28-26)20(2)29-15-17-30(18-16-29)35(32,33)22-12-10-21(34-3)11-13-22/h4-5,8-13,19-20H,6-7,14-18H2,1-3H3. The molecule has 5 rings (SSSR count). The van der Waals surface area contributed by atoms with Crippen LogP contribution in [0.3, 0.4) is 0 Å². The lowest BCUT2D eigenvalue weighted by atomic mass is 10.1. The average molecular weight is 496 g/mol. The first kappa shape index (κ1) is 24.0. The molecular formula is C26H33N5O3S. The van der Waals surface area contributed by atoms with Gasteiger partial charge in [-0.3, -0.25) is 4.90 Å². The van der Waals surface area contributed by atoms with Gasteiger partial charge in [-0.25, -0.2) is 18.4 Å². The molecule has 2 saturated heterocycles. The van der Waals surface area contributed by atoms with Gasteiger partial charge in [0.05, 0.1) is 23.6 Å². The zero-order valence-corrected chi connectivity index (χ0v) is 21.4. The van der Waals surface area contributed by atoms with Crippen LogP contribution in [0.25, 0.3) is 10.9 Å². The highest BCUT2D eigenvalue weighted by Crippen LogP contribution is 2.32. The number of methoxy groups -OCH3 is 1. The maximum Gasteiger partial charge on any atom is 0.243 e. The van der Waals surface area contributed by atoms with E-state index in [2.05, 4.69) is 35.8 Å². The second-order valence-corrected chi connectivity index (χ2v) is 11.3. The number of fused-ring (bicyclic) bond motifs is 1. The van der Waals surface area contributed by atoms with Crippen LogP contribution in [0.2, 0.25) is 0 Å². The number of para-hydroxylation sites is 1. The number of anilines is 1. The van der Waals surface area contributed by atoms with Crippen molar-refractivity contribution in [1.82, 2.24) is 19.2 Å². The SMILES string of the molecule is COc1ccc(S(=O)(=O)N2CCN(C(C)c3nc(N4CCCC4C)c4ccccc4n3)CC2)cc1. The number of hydrogen-bond acceptors (Lipinski definition) is 7. The van der Waals surface area contributed by atoms with E-state index in [1.54, 1.807) is 35.7 Å². The van der Waals surface area contributed by atoms with E-state index in [0.29, 0.717) is 42.9 Å². The Morgan fingerprint density at radius 3 is 2.34 bits per heavy atom. The van der Waals surface area contributed by atoms with Crippen molar-refractivity contribution in [3.63, 3.8) is 0 Å². The van der Waals surface area contributed by atoms with Gasteiger partial charge in [-0.05, 0) is 63.1 Å². The topological polar surface area (TPSA) is 78.9 Å². The molecule has 0 N–H and O–H groups in total. The van der Waals surface area contributed by atoms with Crippen molar-refractivity contribution >= 4 is 26.7 Å². The summed E-state index contributed by atoms with van der Waals surface area (Å²) in [6, 6.07) is 15.2. The first-order valence-corrected chi connectivity index (χ1v) is 13.7. The zero-order valence-electron chi connectivity index (χ0n) is 20.6. The summed E-state index contributed by atoms with van der Waals surface area (Å²) in [5.41, 5.74) is 0.958. The summed E-state index contributed by atoms with van der Waals surface area (Å²) >= 11 is 0. The molecule has 0 bridgehead atoms. The Morgan fingerprint density at radius 2 is 1.69 bits per heavy atom. The molecule has 0 aliphatic carbocycles. The van der Waals surface area contributed by atoms with Crippen molar-refractivity contribution in [2.45, 2.75) is 43.7 Å². The predicted octanol–water partition coefficient (Wildman–Crippen LogP) is 3.69. The molecule has 0 spiro atoms. The van der Waals surface area contributed by atoms with Crippen LogP contribution in [0.5, 0.6) is 5.75 Å². The number of piperazine rings is 1. The van der Waals surface area contributed by atoms with Gasteiger partial charge < -0.3 is 9.64 Å². The Morgan fingerprint density at radius 1 is 0.971 bits per heavy atom. The first-order chi connectivity index (χ1) is 16.9. The molecule has 2 aromatic carbocycles. The number of benzene rings is 2. The molecule has 1 aromatic heterocycles. The molecule has 2 aliphatic heterocycles. The van der Waals surface area contributed by atoms with Gasteiger partial charge in [-0.15, -0.1) is 0 Å². The maximum atomic E-state index is 13.1. The molecule has 0 amide bonds. The van der Waals surface area contributed by atoms with Gasteiger partial charge in [0.25, 0.3) is 0 Å².